The topological polar surface area (TPSA) is 26.0 Å². The van der Waals surface area contributed by atoms with Crippen molar-refractivity contribution in [3.05, 3.63) is 42.4 Å². The van der Waals surface area contributed by atoms with E-state index in [1.807, 2.05) is 0 Å². The Morgan fingerprint density at radius 2 is 2.15 bits per heavy atom. The Kier molecular flexibility index (Phi) is 1.81. The monoisotopic (exact) mass is 180 g/mol. The van der Waals surface area contributed by atoms with Gasteiger partial charge < -0.3 is 4.42 Å². The zero-order valence-electron chi connectivity index (χ0n) is 6.42. The normalized spacial score (nSPS) is 10.3. The molecule has 0 fully saturated rings. The van der Waals surface area contributed by atoms with E-state index in [1.165, 1.54) is 18.3 Å². The molecule has 0 bridgehead atoms. The summed E-state index contributed by atoms with van der Waals surface area (Å²) >= 11 is 0. The second kappa shape index (κ2) is 2.97. The Morgan fingerprint density at radius 1 is 1.31 bits per heavy atom. The van der Waals surface area contributed by atoms with Crippen molar-refractivity contribution in [3.63, 3.8) is 0 Å². The third-order valence-electron chi connectivity index (χ3n) is 1.61. The minimum absolute atomic E-state index is 0.0498. The molecule has 65 valence electrons. The first-order valence-electron chi connectivity index (χ1n) is 3.55. The predicted octanol–water partition coefficient (Wildman–Crippen LogP) is 2.42. The quantitative estimate of drug-likeness (QED) is 0.673. The summed E-state index contributed by atoms with van der Waals surface area (Å²) in [4.78, 5) is 3.49. The fourth-order valence-corrected chi connectivity index (χ4v) is 1.01. The zero-order chi connectivity index (χ0) is 9.26. The average Bonchev–Trinajstić information content (AvgIpc) is 2.62. The van der Waals surface area contributed by atoms with Crippen LogP contribution in [0.3, 0.4) is 0 Å². The molecule has 13 heavy (non-hydrogen) atoms. The van der Waals surface area contributed by atoms with E-state index in [4.69, 9.17) is 4.42 Å². The van der Waals surface area contributed by atoms with Gasteiger partial charge in [0.05, 0.1) is 11.8 Å². The molecule has 0 aliphatic carbocycles. The number of aromatic nitrogens is 1. The summed E-state index contributed by atoms with van der Waals surface area (Å²) in [6.07, 6.45) is 3.44. The molecule has 0 spiro atoms. The first-order chi connectivity index (χ1) is 6.29. The lowest BCUT2D eigenvalue weighted by atomic mass is 10.2. The van der Waals surface area contributed by atoms with E-state index in [9.17, 15) is 8.78 Å². The van der Waals surface area contributed by atoms with Gasteiger partial charge in [0, 0.05) is 0 Å². The number of nitrogens with zero attached hydrogens (tertiary/aromatic N) is 1. The Bertz CT molecular complexity index is 412. The molecular formula is C9H4F2NO. The molecular weight excluding hydrogens is 176 g/mol. The molecule has 1 aromatic heterocycles. The maximum Gasteiger partial charge on any atom is 0.284 e. The van der Waals surface area contributed by atoms with Gasteiger partial charge in [0.25, 0.3) is 6.39 Å². The van der Waals surface area contributed by atoms with Gasteiger partial charge in [-0.3, -0.25) is 0 Å². The number of rotatable bonds is 1. The Labute approximate surface area is 72.8 Å². The lowest BCUT2D eigenvalue weighted by molar-refractivity contribution is 0.502. The van der Waals surface area contributed by atoms with Crippen LogP contribution in [0.15, 0.2) is 28.8 Å². The first-order valence-corrected chi connectivity index (χ1v) is 3.55. The van der Waals surface area contributed by atoms with Gasteiger partial charge in [-0.1, -0.05) is 6.07 Å². The van der Waals surface area contributed by atoms with E-state index in [1.54, 1.807) is 0 Å². The lowest BCUT2D eigenvalue weighted by Crippen LogP contribution is -1.87. The molecule has 1 aromatic carbocycles. The summed E-state index contributed by atoms with van der Waals surface area (Å²) < 4.78 is 30.5. The largest absolute Gasteiger partial charge is 0.432 e. The maximum atomic E-state index is 13.1. The number of halogens is 2. The van der Waals surface area contributed by atoms with Crippen LogP contribution in [0, 0.1) is 18.0 Å². The fraction of sp³-hybridized carbons (Fsp3) is 0. The minimum atomic E-state index is -0.937. The van der Waals surface area contributed by atoms with Gasteiger partial charge >= 0.3 is 0 Å². The minimum Gasteiger partial charge on any atom is -0.432 e. The molecule has 2 rings (SSSR count). The van der Waals surface area contributed by atoms with Gasteiger partial charge in [-0.15, -0.1) is 0 Å². The van der Waals surface area contributed by atoms with Crippen molar-refractivity contribution in [1.29, 1.82) is 0 Å². The van der Waals surface area contributed by atoms with E-state index in [-0.39, 0.29) is 11.3 Å². The van der Waals surface area contributed by atoms with Crippen LogP contribution < -0.4 is 0 Å². The van der Waals surface area contributed by atoms with Gasteiger partial charge in [0.15, 0.2) is 17.4 Å². The molecule has 0 aliphatic heterocycles. The van der Waals surface area contributed by atoms with Crippen molar-refractivity contribution in [3.8, 4) is 11.3 Å². The maximum absolute atomic E-state index is 13.1. The lowest BCUT2D eigenvalue weighted by Gasteiger charge is -1.97. The SMILES string of the molecule is Fc1cccc(-c2cn[c]o2)c1F. The summed E-state index contributed by atoms with van der Waals surface area (Å²) in [5.74, 6) is -1.68. The highest BCUT2D eigenvalue weighted by Crippen LogP contribution is 2.23. The van der Waals surface area contributed by atoms with Crippen LogP contribution in [0.2, 0.25) is 0 Å². The standard InChI is InChI=1S/C9H4F2NO/c10-7-3-1-2-6(9(7)11)8-4-12-5-13-8/h1-4H. The second-order valence-electron chi connectivity index (χ2n) is 2.42. The number of hydrogen-bond acceptors (Lipinski definition) is 2. The summed E-state index contributed by atoms with van der Waals surface area (Å²) in [6, 6.07) is 3.85. The molecule has 0 N–H and O–H groups in total. The van der Waals surface area contributed by atoms with E-state index in [2.05, 4.69) is 11.4 Å². The number of benzene rings is 1. The van der Waals surface area contributed by atoms with Crippen molar-refractivity contribution in [1.82, 2.24) is 4.98 Å². The van der Waals surface area contributed by atoms with E-state index >= 15 is 0 Å². The molecule has 0 saturated heterocycles. The van der Waals surface area contributed by atoms with Crippen molar-refractivity contribution >= 4 is 0 Å². The van der Waals surface area contributed by atoms with Gasteiger partial charge in [0.2, 0.25) is 0 Å². The summed E-state index contributed by atoms with van der Waals surface area (Å²) in [7, 11) is 0. The highest BCUT2D eigenvalue weighted by molar-refractivity contribution is 5.56. The van der Waals surface area contributed by atoms with Crippen molar-refractivity contribution in [2.45, 2.75) is 0 Å². The molecule has 2 nitrogen and oxygen atoms in total. The molecule has 0 saturated carbocycles. The van der Waals surface area contributed by atoms with Crippen molar-refractivity contribution < 1.29 is 13.2 Å². The Morgan fingerprint density at radius 3 is 2.85 bits per heavy atom. The molecule has 0 atom stereocenters. The third-order valence-corrected chi connectivity index (χ3v) is 1.61. The second-order valence-corrected chi connectivity index (χ2v) is 2.42. The van der Waals surface area contributed by atoms with Gasteiger partial charge in [0.1, 0.15) is 0 Å². The molecule has 1 radical (unpaired) electrons. The fourth-order valence-electron chi connectivity index (χ4n) is 1.01. The average molecular weight is 180 g/mol. The predicted molar refractivity (Wildman–Crippen MR) is 40.7 cm³/mol. The van der Waals surface area contributed by atoms with Crippen LogP contribution in [-0.2, 0) is 0 Å². The highest BCUT2D eigenvalue weighted by Gasteiger charge is 2.11. The highest BCUT2D eigenvalue weighted by atomic mass is 19.2. The molecule has 1 heterocycles. The zero-order valence-corrected chi connectivity index (χ0v) is 6.42. The van der Waals surface area contributed by atoms with E-state index < -0.39 is 11.6 Å². The number of oxazole rings is 1. The third kappa shape index (κ3) is 1.30. The summed E-state index contributed by atoms with van der Waals surface area (Å²) in [5.41, 5.74) is 0.0498. The first kappa shape index (κ1) is 7.91. The molecule has 2 aromatic rings. The molecule has 0 aliphatic rings. The van der Waals surface area contributed by atoms with Crippen LogP contribution >= 0.6 is 0 Å². The number of hydrogen-bond donors (Lipinski definition) is 0. The van der Waals surface area contributed by atoms with Crippen LogP contribution in [-0.4, -0.2) is 4.98 Å². The van der Waals surface area contributed by atoms with Crippen LogP contribution in [0.25, 0.3) is 11.3 Å². The van der Waals surface area contributed by atoms with Gasteiger partial charge in [-0.2, -0.15) is 0 Å². The van der Waals surface area contributed by atoms with Crippen LogP contribution in [0.4, 0.5) is 8.78 Å². The Balaban J connectivity index is 2.59. The molecule has 0 unspecified atom stereocenters. The summed E-state index contributed by atoms with van der Waals surface area (Å²) in [5, 5.41) is 0. The van der Waals surface area contributed by atoms with E-state index in [0.29, 0.717) is 0 Å². The van der Waals surface area contributed by atoms with Crippen molar-refractivity contribution in [2.24, 2.45) is 0 Å². The van der Waals surface area contributed by atoms with Crippen molar-refractivity contribution in [2.75, 3.05) is 0 Å². The molecule has 0 amide bonds. The van der Waals surface area contributed by atoms with Gasteiger partial charge in [-0.05, 0) is 12.1 Å². The van der Waals surface area contributed by atoms with E-state index in [0.717, 1.165) is 6.07 Å². The smallest absolute Gasteiger partial charge is 0.284 e. The van der Waals surface area contributed by atoms with Crippen LogP contribution in [0.5, 0.6) is 0 Å². The Hall–Kier alpha value is -1.71. The molecule has 4 heteroatoms. The van der Waals surface area contributed by atoms with Crippen LogP contribution in [0.1, 0.15) is 0 Å². The van der Waals surface area contributed by atoms with Gasteiger partial charge in [-0.25, -0.2) is 13.8 Å². The summed E-state index contributed by atoms with van der Waals surface area (Å²) in [6.45, 7) is 0.